The van der Waals surface area contributed by atoms with Crippen molar-refractivity contribution in [3.8, 4) is 23.0 Å². The summed E-state index contributed by atoms with van der Waals surface area (Å²) in [5.41, 5.74) is 2.30. The molecule has 0 aromatic heterocycles. The van der Waals surface area contributed by atoms with E-state index in [1.807, 2.05) is 54.6 Å². The lowest BCUT2D eigenvalue weighted by atomic mass is 10.1. The van der Waals surface area contributed by atoms with E-state index in [4.69, 9.17) is 42.3 Å². The zero-order valence-corrected chi connectivity index (χ0v) is 22.3. The third-order valence-corrected chi connectivity index (χ3v) is 5.80. The van der Waals surface area contributed by atoms with Crippen LogP contribution in [0.4, 0.5) is 0 Å². The number of para-hydroxylation sites is 4. The first-order chi connectivity index (χ1) is 18.8. The van der Waals surface area contributed by atoms with Gasteiger partial charge >= 0.3 is 6.96 Å². The number of benzene rings is 3. The summed E-state index contributed by atoms with van der Waals surface area (Å²) >= 11 is 0. The van der Waals surface area contributed by atoms with Gasteiger partial charge in [-0.15, -0.1) is 0 Å². The largest absolute Gasteiger partial charge is 0.777 e. The minimum Gasteiger partial charge on any atom is -0.609 e. The number of ether oxygens (including phenoxy) is 5. The van der Waals surface area contributed by atoms with E-state index >= 15 is 0 Å². The number of rotatable bonds is 0. The molecule has 3 aromatic carbocycles. The van der Waals surface area contributed by atoms with Crippen LogP contribution in [0, 0.1) is 0 Å². The van der Waals surface area contributed by atoms with Gasteiger partial charge in [-0.2, -0.15) is 0 Å². The normalized spacial score (nSPS) is 18.6. The molecule has 0 unspecified atom stereocenters. The van der Waals surface area contributed by atoms with E-state index in [1.165, 1.54) is 0 Å². The maximum Gasteiger partial charge on any atom is 0.777 e. The van der Waals surface area contributed by atoms with Crippen LogP contribution in [0.2, 0.25) is 0 Å². The molecule has 10 nitrogen and oxygen atoms in total. The molecule has 0 saturated carbocycles. The number of fused-ring (bicyclic) bond motifs is 4. The fraction of sp³-hybridized carbons (Fsp3) is 0.357. The zero-order chi connectivity index (χ0) is 25.9. The molecule has 2 bridgehead atoms. The minimum atomic E-state index is -2.21. The fourth-order valence-electron chi connectivity index (χ4n) is 4.02. The van der Waals surface area contributed by atoms with Gasteiger partial charge in [0.25, 0.3) is 0 Å². The summed E-state index contributed by atoms with van der Waals surface area (Å²) in [5.74, 6) is 2.56. The highest BCUT2D eigenvalue weighted by molar-refractivity contribution is 6.59. The maximum atomic E-state index is 5.63. The average molecular weight is 541 g/mol. The van der Waals surface area contributed by atoms with Gasteiger partial charge in [0.2, 0.25) is 0 Å². The molecule has 3 aliphatic heterocycles. The summed E-state index contributed by atoms with van der Waals surface area (Å²) in [6.07, 6.45) is 0. The highest BCUT2D eigenvalue weighted by Crippen LogP contribution is 2.44. The Bertz CT molecular complexity index is 1030. The molecule has 0 amide bonds. The second kappa shape index (κ2) is 14.7. The number of quaternary nitrogens is 1. The van der Waals surface area contributed by atoms with Crippen LogP contribution in [0.25, 0.3) is 0 Å². The van der Waals surface area contributed by atoms with Gasteiger partial charge < -0.3 is 48.5 Å². The van der Waals surface area contributed by atoms with Gasteiger partial charge in [0.05, 0.1) is 66.1 Å². The molecule has 6 rings (SSSR count). The smallest absolute Gasteiger partial charge is 0.609 e. The highest BCUT2D eigenvalue weighted by atomic mass is 16.9. The SMILES string of the molecule is [NH4+].c1cc2cc(c1)COCCOCCOCCOCCOC2.c1ccc2c(c1)O[B-]1(O2)Oc2ccccc2O1. The van der Waals surface area contributed by atoms with Crippen LogP contribution in [0.1, 0.15) is 11.1 Å². The van der Waals surface area contributed by atoms with Crippen molar-refractivity contribution in [2.24, 2.45) is 0 Å². The molecular formula is C28H36BNO9. The van der Waals surface area contributed by atoms with E-state index in [2.05, 4.69) is 18.2 Å². The van der Waals surface area contributed by atoms with Crippen LogP contribution < -0.4 is 24.8 Å². The molecular weight excluding hydrogens is 505 g/mol. The predicted molar refractivity (Wildman–Crippen MR) is 145 cm³/mol. The van der Waals surface area contributed by atoms with Crippen molar-refractivity contribution in [2.75, 3.05) is 52.9 Å². The zero-order valence-electron chi connectivity index (χ0n) is 22.3. The van der Waals surface area contributed by atoms with E-state index in [9.17, 15) is 0 Å². The van der Waals surface area contributed by atoms with E-state index in [0.717, 1.165) is 11.1 Å². The molecule has 39 heavy (non-hydrogen) atoms. The molecule has 11 heteroatoms. The summed E-state index contributed by atoms with van der Waals surface area (Å²) in [6, 6.07) is 23.0. The van der Waals surface area contributed by atoms with Crippen LogP contribution >= 0.6 is 0 Å². The van der Waals surface area contributed by atoms with Crippen LogP contribution in [0.5, 0.6) is 23.0 Å². The number of hydrogen-bond acceptors (Lipinski definition) is 9. The molecule has 0 saturated heterocycles. The molecule has 210 valence electrons. The Kier molecular flexibility index (Phi) is 10.8. The van der Waals surface area contributed by atoms with Crippen molar-refractivity contribution in [3.63, 3.8) is 0 Å². The Hall–Kier alpha value is -3.32. The highest BCUT2D eigenvalue weighted by Gasteiger charge is 2.51. The quantitative estimate of drug-likeness (QED) is 0.410. The molecule has 3 heterocycles. The average Bonchev–Trinajstić information content (AvgIpc) is 3.49. The van der Waals surface area contributed by atoms with Crippen LogP contribution in [0.3, 0.4) is 0 Å². The van der Waals surface area contributed by atoms with E-state index < -0.39 is 6.96 Å². The van der Waals surface area contributed by atoms with Gasteiger partial charge in [0, 0.05) is 0 Å². The van der Waals surface area contributed by atoms with E-state index in [0.29, 0.717) is 89.1 Å². The first kappa shape index (κ1) is 28.7. The van der Waals surface area contributed by atoms with Gasteiger partial charge in [-0.05, 0) is 35.4 Å². The molecule has 3 aliphatic rings. The summed E-state index contributed by atoms with van der Waals surface area (Å²) < 4.78 is 49.9. The Morgan fingerprint density at radius 2 is 0.744 bits per heavy atom. The first-order valence-electron chi connectivity index (χ1n) is 12.8. The van der Waals surface area contributed by atoms with Gasteiger partial charge in [-0.1, -0.05) is 48.5 Å². The van der Waals surface area contributed by atoms with Crippen molar-refractivity contribution < 1.29 is 42.3 Å². The minimum absolute atomic E-state index is 0. The standard InChI is InChI=1S/C16H24O5.C12H8BO4.H3N/c1-2-15-12-16(3-1)14-21-11-9-19-7-5-17-4-6-18-8-10-20-13-15;1-2-6-10-9(5-1)14-13(15-10)16-11-7-3-4-8-12(11)17-13;/h1-3,12H,4-11,13-14H2;1-8H;1H3/q;-1;/p+1. The van der Waals surface area contributed by atoms with Crippen molar-refractivity contribution in [1.29, 1.82) is 0 Å². The summed E-state index contributed by atoms with van der Waals surface area (Å²) in [7, 11) is 0. The Morgan fingerprint density at radius 1 is 0.410 bits per heavy atom. The lowest BCUT2D eigenvalue weighted by Gasteiger charge is -2.27. The van der Waals surface area contributed by atoms with E-state index in [-0.39, 0.29) is 6.15 Å². The summed E-state index contributed by atoms with van der Waals surface area (Å²) in [4.78, 5) is 0. The summed E-state index contributed by atoms with van der Waals surface area (Å²) in [5, 5.41) is 0. The maximum absolute atomic E-state index is 5.63. The fourth-order valence-corrected chi connectivity index (χ4v) is 4.02. The van der Waals surface area contributed by atoms with Crippen molar-refractivity contribution >= 4 is 6.96 Å². The molecule has 1 spiro atoms. The summed E-state index contributed by atoms with van der Waals surface area (Å²) in [6.45, 7) is 3.67. The van der Waals surface area contributed by atoms with Gasteiger partial charge in [-0.25, -0.2) is 0 Å². The Labute approximate surface area is 228 Å². The topological polar surface area (TPSA) is 120 Å². The van der Waals surface area contributed by atoms with Gasteiger partial charge in [-0.3, -0.25) is 0 Å². The second-order valence-corrected chi connectivity index (χ2v) is 8.70. The molecule has 3 aromatic rings. The van der Waals surface area contributed by atoms with Crippen molar-refractivity contribution in [2.45, 2.75) is 13.2 Å². The monoisotopic (exact) mass is 541 g/mol. The van der Waals surface area contributed by atoms with Crippen LogP contribution in [-0.4, -0.2) is 59.8 Å². The molecule has 4 N–H and O–H groups in total. The Balaban J connectivity index is 0.000000179. The second-order valence-electron chi connectivity index (χ2n) is 8.70. The van der Waals surface area contributed by atoms with Gasteiger partial charge in [0.1, 0.15) is 23.0 Å². The third-order valence-electron chi connectivity index (χ3n) is 5.80. The molecule has 0 fully saturated rings. The molecule has 0 radical (unpaired) electrons. The van der Waals surface area contributed by atoms with Crippen LogP contribution in [-0.2, 0) is 36.9 Å². The lowest BCUT2D eigenvalue weighted by Crippen LogP contribution is -2.54. The van der Waals surface area contributed by atoms with Crippen molar-refractivity contribution in [3.05, 3.63) is 83.9 Å². The third kappa shape index (κ3) is 8.33. The molecule has 0 atom stereocenters. The first-order valence-corrected chi connectivity index (χ1v) is 12.8. The van der Waals surface area contributed by atoms with Crippen molar-refractivity contribution in [1.82, 2.24) is 6.15 Å². The van der Waals surface area contributed by atoms with Crippen LogP contribution in [0.15, 0.2) is 72.8 Å². The number of hydrogen-bond donors (Lipinski definition) is 1. The van der Waals surface area contributed by atoms with Gasteiger partial charge in [0.15, 0.2) is 0 Å². The predicted octanol–water partition coefficient (Wildman–Crippen LogP) is 4.52. The molecule has 0 aliphatic carbocycles. The Morgan fingerprint density at radius 3 is 1.10 bits per heavy atom. The van der Waals surface area contributed by atoms with E-state index in [1.54, 1.807) is 0 Å². The lowest BCUT2D eigenvalue weighted by molar-refractivity contribution is -0.0144.